The maximum atomic E-state index is 10.3. The molecule has 0 bridgehead atoms. The number of pyridine rings is 1. The number of aromatic nitrogens is 1. The molecule has 1 aromatic heterocycles. The van der Waals surface area contributed by atoms with Gasteiger partial charge in [-0.25, -0.2) is 4.98 Å². The van der Waals surface area contributed by atoms with Crippen molar-refractivity contribution in [2.24, 2.45) is 0 Å². The monoisotopic (exact) mass is 559 g/mol. The Bertz CT molecular complexity index is 930. The Hall–Kier alpha value is -2.42. The van der Waals surface area contributed by atoms with Crippen molar-refractivity contribution in [3.8, 4) is 17.2 Å². The molecule has 0 aliphatic rings. The van der Waals surface area contributed by atoms with Crippen LogP contribution in [0.2, 0.25) is 0 Å². The Kier molecular flexibility index (Phi) is 16.0. The third kappa shape index (κ3) is 10.3. The second-order valence-electron chi connectivity index (χ2n) is 8.03. The summed E-state index contributed by atoms with van der Waals surface area (Å²) in [5.41, 5.74) is 7.98. The van der Waals surface area contributed by atoms with Gasteiger partial charge < -0.3 is 30.4 Å². The molecule has 0 aliphatic carbocycles. The van der Waals surface area contributed by atoms with E-state index in [0.717, 1.165) is 17.9 Å². The topological polar surface area (TPSA) is 98.9 Å². The van der Waals surface area contributed by atoms with Gasteiger partial charge in [-0.2, -0.15) is 0 Å². The van der Waals surface area contributed by atoms with Gasteiger partial charge >= 0.3 is 0 Å². The quantitative estimate of drug-likeness (QED) is 0.290. The molecule has 7 nitrogen and oxygen atoms in total. The minimum Gasteiger partial charge on any atom is -0.497 e. The molecule has 10 heteroatoms. The highest BCUT2D eigenvalue weighted by Crippen LogP contribution is 2.31. The Labute approximate surface area is 232 Å². The number of nitrogens with two attached hydrogens (primary N) is 1. The number of benzene rings is 2. The van der Waals surface area contributed by atoms with E-state index < -0.39 is 6.10 Å². The number of hydrogen-bond acceptors (Lipinski definition) is 7. The van der Waals surface area contributed by atoms with E-state index in [4.69, 9.17) is 19.9 Å². The predicted molar refractivity (Wildman–Crippen MR) is 152 cm³/mol. The average Bonchev–Trinajstić information content (AvgIpc) is 2.86. The number of aliphatic hydroxyl groups is 1. The first kappa shape index (κ1) is 33.6. The molecule has 0 saturated carbocycles. The van der Waals surface area contributed by atoms with Crippen molar-refractivity contribution in [1.29, 1.82) is 0 Å². The van der Waals surface area contributed by atoms with Crippen molar-refractivity contribution < 1.29 is 19.3 Å². The average molecular weight is 561 g/mol. The van der Waals surface area contributed by atoms with Gasteiger partial charge in [-0.1, -0.05) is 24.3 Å². The molecule has 0 radical (unpaired) electrons. The molecule has 2 atom stereocenters. The number of nitrogens with zero attached hydrogens (tertiary/aromatic N) is 1. The van der Waals surface area contributed by atoms with Crippen molar-refractivity contribution in [3.05, 3.63) is 78.0 Å². The molecule has 0 fully saturated rings. The predicted octanol–water partition coefficient (Wildman–Crippen LogP) is 4.89. The standard InChI is InChI=1S/C26H33N3O4.3ClH/c1-18(28-15-21(30)17-33-24-12-13-26(27)29-16-24)14-25(19-4-8-22(31-2)9-5-19)20-6-10-23(32-3)11-7-20;;;/h4-13,16,18,21,25,28,30H,14-15,17H2,1-3H3,(H2,27,29);3*1H/t18-,21-;;;/m0.../s1. The second-order valence-corrected chi connectivity index (χ2v) is 8.03. The zero-order valence-electron chi connectivity index (χ0n) is 20.6. The van der Waals surface area contributed by atoms with Crippen molar-refractivity contribution >= 4 is 43.0 Å². The summed E-state index contributed by atoms with van der Waals surface area (Å²) in [4.78, 5) is 3.98. The molecule has 0 amide bonds. The molecule has 0 spiro atoms. The van der Waals surface area contributed by atoms with Gasteiger partial charge in [0.1, 0.15) is 35.8 Å². The van der Waals surface area contributed by atoms with Crippen LogP contribution in [-0.2, 0) is 0 Å². The summed E-state index contributed by atoms with van der Waals surface area (Å²) in [5, 5.41) is 13.8. The van der Waals surface area contributed by atoms with E-state index in [-0.39, 0.29) is 55.8 Å². The number of halogens is 3. The molecule has 2 aromatic carbocycles. The van der Waals surface area contributed by atoms with E-state index in [1.807, 2.05) is 24.3 Å². The lowest BCUT2D eigenvalue weighted by atomic mass is 9.86. The summed E-state index contributed by atoms with van der Waals surface area (Å²) in [5.74, 6) is 2.85. The number of nitrogens with one attached hydrogen (secondary N) is 1. The number of nitrogen functional groups attached to an aromatic ring is 1. The summed E-state index contributed by atoms with van der Waals surface area (Å²) < 4.78 is 16.2. The van der Waals surface area contributed by atoms with E-state index >= 15 is 0 Å². The van der Waals surface area contributed by atoms with E-state index in [9.17, 15) is 5.11 Å². The molecular weight excluding hydrogens is 525 g/mol. The third-order valence-electron chi connectivity index (χ3n) is 5.53. The van der Waals surface area contributed by atoms with Gasteiger partial charge in [0.15, 0.2) is 0 Å². The third-order valence-corrected chi connectivity index (χ3v) is 5.53. The minimum absolute atomic E-state index is 0. The minimum atomic E-state index is -0.648. The maximum Gasteiger partial charge on any atom is 0.137 e. The number of ether oxygens (including phenoxy) is 3. The Morgan fingerprint density at radius 1 is 0.833 bits per heavy atom. The molecule has 0 unspecified atom stereocenters. The molecule has 0 aliphatic heterocycles. The van der Waals surface area contributed by atoms with Gasteiger partial charge in [0.2, 0.25) is 0 Å². The molecule has 4 N–H and O–H groups in total. The fraction of sp³-hybridized carbons (Fsp3) is 0.346. The van der Waals surface area contributed by atoms with Crippen LogP contribution in [0.5, 0.6) is 17.2 Å². The van der Waals surface area contributed by atoms with Gasteiger partial charge in [-0.15, -0.1) is 37.2 Å². The molecular formula is C26H36Cl3N3O4. The second kappa shape index (κ2) is 17.1. The van der Waals surface area contributed by atoms with Crippen molar-refractivity contribution in [2.45, 2.75) is 31.4 Å². The largest absolute Gasteiger partial charge is 0.497 e. The van der Waals surface area contributed by atoms with Crippen LogP contribution in [0, 0.1) is 0 Å². The molecule has 3 rings (SSSR count). The summed E-state index contributed by atoms with van der Waals surface area (Å²) >= 11 is 0. The zero-order valence-corrected chi connectivity index (χ0v) is 23.1. The van der Waals surface area contributed by atoms with Crippen LogP contribution < -0.4 is 25.3 Å². The van der Waals surface area contributed by atoms with Gasteiger partial charge in [0.05, 0.1) is 20.4 Å². The maximum absolute atomic E-state index is 10.3. The van der Waals surface area contributed by atoms with Gasteiger partial charge in [-0.3, -0.25) is 0 Å². The van der Waals surface area contributed by atoms with E-state index in [1.54, 1.807) is 32.5 Å². The molecule has 36 heavy (non-hydrogen) atoms. The summed E-state index contributed by atoms with van der Waals surface area (Å²) in [7, 11) is 3.33. The van der Waals surface area contributed by atoms with Crippen LogP contribution >= 0.6 is 37.2 Å². The van der Waals surface area contributed by atoms with E-state index in [2.05, 4.69) is 41.5 Å². The number of rotatable bonds is 12. The Morgan fingerprint density at radius 3 is 1.78 bits per heavy atom. The summed E-state index contributed by atoms with van der Waals surface area (Å²) in [6.07, 6.45) is 1.76. The first-order chi connectivity index (χ1) is 16.0. The summed E-state index contributed by atoms with van der Waals surface area (Å²) in [6.45, 7) is 2.71. The first-order valence-corrected chi connectivity index (χ1v) is 11.0. The number of methoxy groups -OCH3 is 2. The highest BCUT2D eigenvalue weighted by atomic mass is 35.5. The van der Waals surface area contributed by atoms with Crippen LogP contribution in [0.4, 0.5) is 5.82 Å². The van der Waals surface area contributed by atoms with Crippen molar-refractivity contribution in [1.82, 2.24) is 10.3 Å². The number of aliphatic hydroxyl groups excluding tert-OH is 1. The number of anilines is 1. The smallest absolute Gasteiger partial charge is 0.137 e. The van der Waals surface area contributed by atoms with Gasteiger partial charge in [0, 0.05) is 18.5 Å². The highest BCUT2D eigenvalue weighted by Gasteiger charge is 2.19. The van der Waals surface area contributed by atoms with E-state index in [0.29, 0.717) is 18.1 Å². The lowest BCUT2D eigenvalue weighted by molar-refractivity contribution is 0.103. The van der Waals surface area contributed by atoms with Crippen LogP contribution in [-0.4, -0.2) is 49.6 Å². The van der Waals surface area contributed by atoms with Crippen LogP contribution in [0.25, 0.3) is 0 Å². The Morgan fingerprint density at radius 2 is 1.33 bits per heavy atom. The molecule has 0 saturated heterocycles. The fourth-order valence-electron chi connectivity index (χ4n) is 3.64. The van der Waals surface area contributed by atoms with Crippen molar-refractivity contribution in [2.75, 3.05) is 33.1 Å². The highest BCUT2D eigenvalue weighted by molar-refractivity contribution is 5.86. The first-order valence-electron chi connectivity index (χ1n) is 11.0. The normalized spacial score (nSPS) is 11.8. The lowest BCUT2D eigenvalue weighted by Crippen LogP contribution is -2.37. The molecule has 3 aromatic rings. The SMILES string of the molecule is COc1ccc(C(C[C@H](C)NC[C@H](O)COc2ccc(N)nc2)c2ccc(OC)cc2)cc1.Cl.Cl.Cl. The van der Waals surface area contributed by atoms with Gasteiger partial charge in [-0.05, 0) is 60.9 Å². The molecule has 1 heterocycles. The van der Waals surface area contributed by atoms with Crippen LogP contribution in [0.3, 0.4) is 0 Å². The number of hydrogen-bond donors (Lipinski definition) is 3. The lowest BCUT2D eigenvalue weighted by Gasteiger charge is -2.24. The zero-order chi connectivity index (χ0) is 23.6. The Balaban J connectivity index is 0.00000408. The summed E-state index contributed by atoms with van der Waals surface area (Å²) in [6, 6.07) is 19.9. The van der Waals surface area contributed by atoms with Crippen molar-refractivity contribution in [3.63, 3.8) is 0 Å². The fourth-order valence-corrected chi connectivity index (χ4v) is 3.64. The van der Waals surface area contributed by atoms with Crippen LogP contribution in [0.15, 0.2) is 66.9 Å². The van der Waals surface area contributed by atoms with Crippen LogP contribution in [0.1, 0.15) is 30.4 Å². The van der Waals surface area contributed by atoms with Gasteiger partial charge in [0.25, 0.3) is 0 Å². The molecule has 200 valence electrons. The van der Waals surface area contributed by atoms with E-state index in [1.165, 1.54) is 11.1 Å².